The van der Waals surface area contributed by atoms with Gasteiger partial charge in [0.2, 0.25) is 10.0 Å². The number of aryl methyl sites for hydroxylation is 1. The highest BCUT2D eigenvalue weighted by molar-refractivity contribution is 7.89. The lowest BCUT2D eigenvalue weighted by Gasteiger charge is -2.04. The van der Waals surface area contributed by atoms with Crippen LogP contribution in [0.4, 0.5) is 10.8 Å². The van der Waals surface area contributed by atoms with E-state index in [-0.39, 0.29) is 4.90 Å². The van der Waals surface area contributed by atoms with Crippen LogP contribution in [0.25, 0.3) is 11.3 Å². The fourth-order valence-corrected chi connectivity index (χ4v) is 3.48. The van der Waals surface area contributed by atoms with Crippen molar-refractivity contribution in [2.24, 2.45) is 5.14 Å². The van der Waals surface area contributed by atoms with Gasteiger partial charge in [-0.2, -0.15) is 0 Å². The van der Waals surface area contributed by atoms with Crippen molar-refractivity contribution in [3.05, 3.63) is 59.5 Å². The summed E-state index contributed by atoms with van der Waals surface area (Å²) in [6.45, 7) is 2.13. The summed E-state index contributed by atoms with van der Waals surface area (Å²) in [5.74, 6) is 0. The molecule has 3 aromatic rings. The minimum absolute atomic E-state index is 0.0869. The fraction of sp³-hybridized carbons (Fsp3) is 0.118. The zero-order chi connectivity index (χ0) is 17.2. The predicted molar refractivity (Wildman–Crippen MR) is 98.0 cm³/mol. The Balaban J connectivity index is 1.76. The molecule has 0 fully saturated rings. The Morgan fingerprint density at radius 3 is 2.33 bits per heavy atom. The minimum Gasteiger partial charge on any atom is -0.332 e. The molecule has 0 spiro atoms. The number of primary sulfonamides is 1. The second kappa shape index (κ2) is 6.72. The summed E-state index contributed by atoms with van der Waals surface area (Å²) in [5.41, 5.74) is 4.03. The number of thiazole rings is 1. The number of benzene rings is 2. The Kier molecular flexibility index (Phi) is 4.66. The number of anilines is 2. The van der Waals surface area contributed by atoms with E-state index in [0.717, 1.165) is 28.5 Å². The molecule has 0 aliphatic carbocycles. The average Bonchev–Trinajstić information content (AvgIpc) is 3.03. The maximum atomic E-state index is 11.3. The van der Waals surface area contributed by atoms with E-state index >= 15 is 0 Å². The molecule has 124 valence electrons. The molecule has 0 bridgehead atoms. The molecule has 0 unspecified atom stereocenters. The van der Waals surface area contributed by atoms with Gasteiger partial charge in [0.25, 0.3) is 0 Å². The van der Waals surface area contributed by atoms with E-state index in [1.807, 2.05) is 5.38 Å². The van der Waals surface area contributed by atoms with Gasteiger partial charge in [0, 0.05) is 16.6 Å². The summed E-state index contributed by atoms with van der Waals surface area (Å²) in [6, 6.07) is 14.6. The van der Waals surface area contributed by atoms with E-state index in [1.54, 1.807) is 12.1 Å². The van der Waals surface area contributed by atoms with Gasteiger partial charge in [0.1, 0.15) is 0 Å². The second-order valence-electron chi connectivity index (χ2n) is 5.28. The molecule has 2 aromatic carbocycles. The smallest absolute Gasteiger partial charge is 0.238 e. The van der Waals surface area contributed by atoms with Crippen molar-refractivity contribution in [1.29, 1.82) is 0 Å². The Labute approximate surface area is 145 Å². The van der Waals surface area contributed by atoms with Gasteiger partial charge in [0.15, 0.2) is 5.13 Å². The highest BCUT2D eigenvalue weighted by Gasteiger charge is 2.08. The molecule has 0 saturated heterocycles. The molecule has 1 aromatic heterocycles. The highest BCUT2D eigenvalue weighted by atomic mass is 32.2. The summed E-state index contributed by atoms with van der Waals surface area (Å²) in [4.78, 5) is 4.65. The van der Waals surface area contributed by atoms with Crippen molar-refractivity contribution in [2.45, 2.75) is 18.2 Å². The molecular formula is C17H17N3O2S2. The maximum Gasteiger partial charge on any atom is 0.238 e. The first-order valence-corrected chi connectivity index (χ1v) is 9.83. The van der Waals surface area contributed by atoms with Crippen LogP contribution in [0.2, 0.25) is 0 Å². The molecule has 5 nitrogen and oxygen atoms in total. The molecule has 0 amide bonds. The largest absolute Gasteiger partial charge is 0.332 e. The molecule has 1 heterocycles. The standard InChI is InChI=1S/C17H17N3O2S2/c1-2-12-3-5-13(6-4-12)16-11-23-17(20-16)19-14-7-9-15(10-8-14)24(18,21)22/h3-11H,2H2,1H3,(H,19,20)(H2,18,21,22). The van der Waals surface area contributed by atoms with E-state index in [9.17, 15) is 8.42 Å². The summed E-state index contributed by atoms with van der Waals surface area (Å²) in [7, 11) is -3.67. The van der Waals surface area contributed by atoms with Gasteiger partial charge in [-0.25, -0.2) is 18.5 Å². The van der Waals surface area contributed by atoms with Crippen molar-refractivity contribution >= 4 is 32.2 Å². The number of nitrogens with two attached hydrogens (primary N) is 1. The van der Waals surface area contributed by atoms with Crippen LogP contribution in [0, 0.1) is 0 Å². The highest BCUT2D eigenvalue weighted by Crippen LogP contribution is 2.27. The van der Waals surface area contributed by atoms with Crippen LogP contribution in [0.1, 0.15) is 12.5 Å². The van der Waals surface area contributed by atoms with Crippen molar-refractivity contribution in [3.8, 4) is 11.3 Å². The Morgan fingerprint density at radius 1 is 1.08 bits per heavy atom. The van der Waals surface area contributed by atoms with Gasteiger partial charge in [-0.1, -0.05) is 31.2 Å². The molecule has 0 saturated carbocycles. The van der Waals surface area contributed by atoms with Gasteiger partial charge in [0.05, 0.1) is 10.6 Å². The number of aromatic nitrogens is 1. The molecule has 0 aliphatic heterocycles. The first kappa shape index (κ1) is 16.6. The number of hydrogen-bond donors (Lipinski definition) is 2. The third-order valence-electron chi connectivity index (χ3n) is 3.60. The number of nitrogens with one attached hydrogen (secondary N) is 1. The van der Waals surface area contributed by atoms with Gasteiger partial charge in [-0.3, -0.25) is 0 Å². The summed E-state index contributed by atoms with van der Waals surface area (Å²) in [5, 5.41) is 11.0. The second-order valence-corrected chi connectivity index (χ2v) is 7.70. The Hall–Kier alpha value is -2.22. The maximum absolute atomic E-state index is 11.3. The number of sulfonamides is 1. The van der Waals surface area contributed by atoms with Crippen LogP contribution in [0.3, 0.4) is 0 Å². The third kappa shape index (κ3) is 3.81. The van der Waals surface area contributed by atoms with Crippen LogP contribution < -0.4 is 10.5 Å². The van der Waals surface area contributed by atoms with E-state index in [4.69, 9.17) is 5.14 Å². The van der Waals surface area contributed by atoms with Crippen LogP contribution in [-0.4, -0.2) is 13.4 Å². The molecule has 0 atom stereocenters. The first-order chi connectivity index (χ1) is 11.5. The van der Waals surface area contributed by atoms with Crippen LogP contribution >= 0.6 is 11.3 Å². The van der Waals surface area contributed by atoms with E-state index < -0.39 is 10.0 Å². The predicted octanol–water partition coefficient (Wildman–Crippen LogP) is 3.76. The summed E-state index contributed by atoms with van der Waals surface area (Å²) < 4.78 is 22.5. The lowest BCUT2D eigenvalue weighted by molar-refractivity contribution is 0.598. The van der Waals surface area contributed by atoms with Gasteiger partial charge >= 0.3 is 0 Å². The molecular weight excluding hydrogens is 342 g/mol. The van der Waals surface area contributed by atoms with Crippen LogP contribution in [0.15, 0.2) is 58.8 Å². The SMILES string of the molecule is CCc1ccc(-c2csc(Nc3ccc(S(N)(=O)=O)cc3)n2)cc1. The number of nitrogens with zero attached hydrogens (tertiary/aromatic N) is 1. The van der Waals surface area contributed by atoms with Gasteiger partial charge in [-0.05, 0) is 36.2 Å². The molecule has 24 heavy (non-hydrogen) atoms. The molecule has 3 rings (SSSR count). The lowest BCUT2D eigenvalue weighted by Crippen LogP contribution is -2.11. The van der Waals surface area contributed by atoms with E-state index in [0.29, 0.717) is 0 Å². The van der Waals surface area contributed by atoms with Gasteiger partial charge in [-0.15, -0.1) is 11.3 Å². The van der Waals surface area contributed by atoms with E-state index in [2.05, 4.69) is 41.5 Å². The topological polar surface area (TPSA) is 85.1 Å². The molecule has 3 N–H and O–H groups in total. The fourth-order valence-electron chi connectivity index (χ4n) is 2.23. The monoisotopic (exact) mass is 359 g/mol. The van der Waals surface area contributed by atoms with Gasteiger partial charge < -0.3 is 5.32 Å². The van der Waals surface area contributed by atoms with E-state index in [1.165, 1.54) is 29.0 Å². The zero-order valence-corrected chi connectivity index (χ0v) is 14.7. The van der Waals surface area contributed by atoms with Crippen molar-refractivity contribution in [1.82, 2.24) is 4.98 Å². The Bertz CT molecular complexity index is 931. The molecule has 7 heteroatoms. The minimum atomic E-state index is -3.67. The van der Waals surface area contributed by atoms with Crippen molar-refractivity contribution in [3.63, 3.8) is 0 Å². The lowest BCUT2D eigenvalue weighted by atomic mass is 10.1. The average molecular weight is 359 g/mol. The summed E-state index contributed by atoms with van der Waals surface area (Å²) in [6.07, 6.45) is 1.01. The zero-order valence-electron chi connectivity index (χ0n) is 13.1. The number of rotatable bonds is 5. The Morgan fingerprint density at radius 2 is 1.75 bits per heavy atom. The van der Waals surface area contributed by atoms with Crippen molar-refractivity contribution < 1.29 is 8.42 Å². The first-order valence-electron chi connectivity index (χ1n) is 7.40. The normalized spacial score (nSPS) is 11.4. The molecule has 0 aliphatic rings. The summed E-state index contributed by atoms with van der Waals surface area (Å²) >= 11 is 1.49. The third-order valence-corrected chi connectivity index (χ3v) is 5.28. The van der Waals surface area contributed by atoms with Crippen LogP contribution in [0.5, 0.6) is 0 Å². The van der Waals surface area contributed by atoms with Crippen LogP contribution in [-0.2, 0) is 16.4 Å². The quantitative estimate of drug-likeness (QED) is 0.726. The van der Waals surface area contributed by atoms with Crippen molar-refractivity contribution in [2.75, 3.05) is 5.32 Å². The number of hydrogen-bond acceptors (Lipinski definition) is 5. The molecule has 0 radical (unpaired) electrons.